The molecule has 2 amide bonds. The number of carbonyl (C=O) groups excluding carboxylic acids is 1. The van der Waals surface area contributed by atoms with Crippen molar-refractivity contribution >= 4 is 12.0 Å². The molecule has 0 unspecified atom stereocenters. The van der Waals surface area contributed by atoms with Gasteiger partial charge in [0.05, 0.1) is 6.20 Å². The van der Waals surface area contributed by atoms with Crippen LogP contribution in [-0.4, -0.2) is 44.5 Å². The van der Waals surface area contributed by atoms with Gasteiger partial charge < -0.3 is 5.11 Å². The van der Waals surface area contributed by atoms with Crippen LogP contribution in [0, 0.1) is 0 Å². The Bertz CT molecular complexity index is 326. The predicted octanol–water partition coefficient (Wildman–Crippen LogP) is -0.378. The predicted molar refractivity (Wildman–Crippen MR) is 39.9 cm³/mol. The summed E-state index contributed by atoms with van der Waals surface area (Å²) in [5, 5.41) is 18.4. The zero-order chi connectivity index (χ0) is 9.84. The van der Waals surface area contributed by atoms with Crippen LogP contribution >= 0.6 is 0 Å². The Kier molecular flexibility index (Phi) is 2.48. The van der Waals surface area contributed by atoms with Crippen molar-refractivity contribution in [1.82, 2.24) is 20.3 Å². The second kappa shape index (κ2) is 3.57. The van der Waals surface area contributed by atoms with Gasteiger partial charge in [-0.05, 0) is 11.3 Å². The van der Waals surface area contributed by atoms with E-state index in [9.17, 15) is 9.59 Å². The standard InChI is InChI=1S/C6H6N4O3/c1-10(6(12)13)5(11)4-2-3-7-9-8-4/h2-3H,1H3,(H,12,13). The van der Waals surface area contributed by atoms with Crippen LogP contribution in [0.5, 0.6) is 0 Å². The van der Waals surface area contributed by atoms with Crippen LogP contribution in [-0.2, 0) is 0 Å². The number of imide groups is 1. The molecule has 0 spiro atoms. The van der Waals surface area contributed by atoms with E-state index < -0.39 is 12.0 Å². The smallest absolute Gasteiger partial charge is 0.414 e. The second-order valence-corrected chi connectivity index (χ2v) is 2.15. The van der Waals surface area contributed by atoms with Gasteiger partial charge >= 0.3 is 6.09 Å². The monoisotopic (exact) mass is 182 g/mol. The number of amides is 2. The van der Waals surface area contributed by atoms with Crippen molar-refractivity contribution < 1.29 is 14.7 Å². The van der Waals surface area contributed by atoms with Crippen molar-refractivity contribution in [2.45, 2.75) is 0 Å². The van der Waals surface area contributed by atoms with Gasteiger partial charge in [0, 0.05) is 7.05 Å². The maximum atomic E-state index is 11.2. The number of rotatable bonds is 1. The summed E-state index contributed by atoms with van der Waals surface area (Å²) < 4.78 is 0. The first-order valence-corrected chi connectivity index (χ1v) is 3.28. The molecule has 0 aliphatic rings. The Morgan fingerprint density at radius 2 is 2.23 bits per heavy atom. The Hall–Kier alpha value is -2.05. The molecule has 0 saturated carbocycles. The molecule has 7 nitrogen and oxygen atoms in total. The van der Waals surface area contributed by atoms with Gasteiger partial charge in [-0.25, -0.2) is 9.69 Å². The lowest BCUT2D eigenvalue weighted by Gasteiger charge is -2.08. The fourth-order valence-electron chi connectivity index (χ4n) is 0.614. The number of carbonyl (C=O) groups is 2. The SMILES string of the molecule is CN(C(=O)O)C(=O)c1ccnnn1. The van der Waals surface area contributed by atoms with Crippen molar-refractivity contribution in [2.24, 2.45) is 0 Å². The maximum absolute atomic E-state index is 11.2. The summed E-state index contributed by atoms with van der Waals surface area (Å²) in [4.78, 5) is 22.1. The molecule has 0 bridgehead atoms. The second-order valence-electron chi connectivity index (χ2n) is 2.15. The van der Waals surface area contributed by atoms with Gasteiger partial charge in [0.1, 0.15) is 0 Å². The molecule has 1 rings (SSSR count). The van der Waals surface area contributed by atoms with E-state index in [-0.39, 0.29) is 5.69 Å². The minimum atomic E-state index is -1.34. The Morgan fingerprint density at radius 3 is 2.69 bits per heavy atom. The fourth-order valence-corrected chi connectivity index (χ4v) is 0.614. The first-order valence-electron chi connectivity index (χ1n) is 3.28. The number of aromatic nitrogens is 3. The van der Waals surface area contributed by atoms with E-state index in [4.69, 9.17) is 5.11 Å². The molecule has 1 heterocycles. The number of hydrogen-bond acceptors (Lipinski definition) is 5. The first kappa shape index (κ1) is 9.04. The van der Waals surface area contributed by atoms with E-state index in [1.165, 1.54) is 12.3 Å². The molecule has 1 N–H and O–H groups in total. The minimum Gasteiger partial charge on any atom is -0.465 e. The highest BCUT2D eigenvalue weighted by molar-refractivity contribution is 6.00. The zero-order valence-electron chi connectivity index (χ0n) is 6.71. The topological polar surface area (TPSA) is 96.3 Å². The van der Waals surface area contributed by atoms with Crippen LogP contribution in [0.2, 0.25) is 0 Å². The molecule has 7 heteroatoms. The lowest BCUT2D eigenvalue weighted by Crippen LogP contribution is -2.32. The number of nitrogens with zero attached hydrogens (tertiary/aromatic N) is 4. The van der Waals surface area contributed by atoms with E-state index in [2.05, 4.69) is 15.4 Å². The molecule has 13 heavy (non-hydrogen) atoms. The van der Waals surface area contributed by atoms with Gasteiger partial charge in [-0.1, -0.05) is 0 Å². The molecular weight excluding hydrogens is 176 g/mol. The van der Waals surface area contributed by atoms with Gasteiger partial charge in [0.25, 0.3) is 5.91 Å². The Labute approximate surface area is 73.0 Å². The van der Waals surface area contributed by atoms with Crippen LogP contribution in [0.1, 0.15) is 10.5 Å². The molecular formula is C6H6N4O3. The van der Waals surface area contributed by atoms with Crippen molar-refractivity contribution in [3.8, 4) is 0 Å². The minimum absolute atomic E-state index is 0.0556. The van der Waals surface area contributed by atoms with Gasteiger partial charge in [0.15, 0.2) is 5.69 Å². The quantitative estimate of drug-likeness (QED) is 0.636. The fraction of sp³-hybridized carbons (Fsp3) is 0.167. The molecule has 0 aliphatic carbocycles. The lowest BCUT2D eigenvalue weighted by molar-refractivity contribution is 0.0774. The Balaban J connectivity index is 2.86. The Morgan fingerprint density at radius 1 is 1.54 bits per heavy atom. The zero-order valence-corrected chi connectivity index (χ0v) is 6.71. The highest BCUT2D eigenvalue weighted by Gasteiger charge is 2.18. The third-order valence-electron chi connectivity index (χ3n) is 1.31. The van der Waals surface area contributed by atoms with Gasteiger partial charge in [0.2, 0.25) is 0 Å². The van der Waals surface area contributed by atoms with E-state index in [1.54, 1.807) is 0 Å². The molecule has 0 radical (unpaired) electrons. The molecule has 0 fully saturated rings. The third-order valence-corrected chi connectivity index (χ3v) is 1.31. The van der Waals surface area contributed by atoms with Crippen molar-refractivity contribution in [3.63, 3.8) is 0 Å². The van der Waals surface area contributed by atoms with Crippen molar-refractivity contribution in [2.75, 3.05) is 7.05 Å². The average molecular weight is 182 g/mol. The van der Waals surface area contributed by atoms with Gasteiger partial charge in [-0.15, -0.1) is 10.2 Å². The summed E-state index contributed by atoms with van der Waals surface area (Å²) in [5.41, 5.74) is -0.0556. The molecule has 1 aromatic rings. The van der Waals surface area contributed by atoms with E-state index in [0.717, 1.165) is 7.05 Å². The van der Waals surface area contributed by atoms with Crippen molar-refractivity contribution in [3.05, 3.63) is 18.0 Å². The molecule has 0 saturated heterocycles. The summed E-state index contributed by atoms with van der Waals surface area (Å²) in [6.07, 6.45) is -0.0840. The lowest BCUT2D eigenvalue weighted by atomic mass is 10.4. The maximum Gasteiger partial charge on any atom is 0.414 e. The summed E-state index contributed by atoms with van der Waals surface area (Å²) in [5.74, 6) is -0.734. The number of carboxylic acid groups (broad SMARTS) is 1. The van der Waals surface area contributed by atoms with E-state index >= 15 is 0 Å². The third kappa shape index (κ3) is 1.95. The molecule has 0 atom stereocenters. The normalized spacial score (nSPS) is 9.31. The molecule has 0 aliphatic heterocycles. The highest BCUT2D eigenvalue weighted by Crippen LogP contribution is 1.96. The van der Waals surface area contributed by atoms with Crippen LogP contribution in [0.15, 0.2) is 12.3 Å². The summed E-state index contributed by atoms with van der Waals surface area (Å²) in [6, 6.07) is 1.29. The summed E-state index contributed by atoms with van der Waals surface area (Å²) >= 11 is 0. The first-order chi connectivity index (χ1) is 6.13. The molecule has 68 valence electrons. The van der Waals surface area contributed by atoms with Crippen molar-refractivity contribution in [1.29, 1.82) is 0 Å². The summed E-state index contributed by atoms with van der Waals surface area (Å²) in [6.45, 7) is 0. The highest BCUT2D eigenvalue weighted by atomic mass is 16.4. The average Bonchev–Trinajstić information content (AvgIpc) is 2.17. The van der Waals surface area contributed by atoms with Crippen LogP contribution in [0.25, 0.3) is 0 Å². The van der Waals surface area contributed by atoms with Gasteiger partial charge in [-0.3, -0.25) is 4.79 Å². The van der Waals surface area contributed by atoms with E-state index in [0.29, 0.717) is 4.90 Å². The largest absolute Gasteiger partial charge is 0.465 e. The van der Waals surface area contributed by atoms with Crippen LogP contribution < -0.4 is 0 Å². The van der Waals surface area contributed by atoms with Gasteiger partial charge in [-0.2, -0.15) is 0 Å². The summed E-state index contributed by atoms with van der Waals surface area (Å²) in [7, 11) is 1.13. The number of hydrogen-bond donors (Lipinski definition) is 1. The van der Waals surface area contributed by atoms with Crippen LogP contribution in [0.3, 0.4) is 0 Å². The molecule has 0 aromatic carbocycles. The molecule has 1 aromatic heterocycles. The van der Waals surface area contributed by atoms with E-state index in [1.807, 2.05) is 0 Å². The van der Waals surface area contributed by atoms with Crippen LogP contribution in [0.4, 0.5) is 4.79 Å².